The van der Waals surface area contributed by atoms with Crippen LogP contribution in [0.3, 0.4) is 0 Å². The second-order valence-corrected chi connectivity index (χ2v) is 18.1. The molecule has 0 unspecified atom stereocenters. The molecule has 0 fully saturated rings. The van der Waals surface area contributed by atoms with E-state index < -0.39 is 6.10 Å². The summed E-state index contributed by atoms with van der Waals surface area (Å²) in [7, 11) is 0. The number of esters is 3. The highest BCUT2D eigenvalue weighted by atomic mass is 16.6. The highest BCUT2D eigenvalue weighted by molar-refractivity contribution is 5.71. The topological polar surface area (TPSA) is 78.9 Å². The van der Waals surface area contributed by atoms with E-state index in [0.29, 0.717) is 19.3 Å². The number of allylic oxidation sites excluding steroid dienone is 16. The van der Waals surface area contributed by atoms with Crippen LogP contribution in [0.5, 0.6) is 0 Å². The minimum Gasteiger partial charge on any atom is -0.462 e. The van der Waals surface area contributed by atoms with E-state index in [4.69, 9.17) is 14.2 Å². The second kappa shape index (κ2) is 54.9. The zero-order valence-electron chi connectivity index (χ0n) is 43.6. The predicted molar refractivity (Wildman–Crippen MR) is 288 cm³/mol. The molecule has 0 aliphatic rings. The van der Waals surface area contributed by atoms with Gasteiger partial charge in [-0.05, 0) is 122 Å². The molecule has 0 aromatic heterocycles. The SMILES string of the molecule is CCCCC/C=C\C/C=C\C/C=C\C/C=C\CCCC(=O)OC[C@H](COC(=O)CCCC/C=C\C/C=C\C/C=C\CCCCC)OC(=O)CCCCCCCCC/C=C\CCCCCCCC. The Labute approximate surface area is 413 Å². The van der Waals surface area contributed by atoms with Crippen molar-refractivity contribution in [1.82, 2.24) is 0 Å². The predicted octanol–water partition coefficient (Wildman–Crippen LogP) is 18.5. The lowest BCUT2D eigenvalue weighted by Crippen LogP contribution is -2.30. The van der Waals surface area contributed by atoms with Gasteiger partial charge < -0.3 is 14.2 Å². The fourth-order valence-corrected chi connectivity index (χ4v) is 7.32. The first-order valence-electron chi connectivity index (χ1n) is 27.7. The number of rotatable bonds is 49. The molecule has 0 aliphatic carbocycles. The third-order valence-corrected chi connectivity index (χ3v) is 11.5. The molecule has 0 N–H and O–H groups in total. The molecule has 0 radical (unpaired) electrons. The van der Waals surface area contributed by atoms with Crippen LogP contribution in [0.1, 0.15) is 252 Å². The third kappa shape index (κ3) is 53.2. The summed E-state index contributed by atoms with van der Waals surface area (Å²) in [4.78, 5) is 38.1. The van der Waals surface area contributed by atoms with Gasteiger partial charge in [-0.25, -0.2) is 0 Å². The van der Waals surface area contributed by atoms with Crippen molar-refractivity contribution in [3.05, 3.63) is 97.2 Å². The molecular formula is C61H102O6. The van der Waals surface area contributed by atoms with E-state index in [2.05, 4.69) is 118 Å². The zero-order valence-corrected chi connectivity index (χ0v) is 43.6. The highest BCUT2D eigenvalue weighted by Gasteiger charge is 2.19. The molecule has 0 rings (SSSR count). The molecular weight excluding hydrogens is 829 g/mol. The van der Waals surface area contributed by atoms with E-state index in [1.54, 1.807) is 0 Å². The Morgan fingerprint density at radius 1 is 0.299 bits per heavy atom. The molecule has 0 saturated heterocycles. The number of unbranched alkanes of at least 4 members (excludes halogenated alkanes) is 22. The minimum absolute atomic E-state index is 0.117. The fraction of sp³-hybridized carbons (Fsp3) is 0.689. The van der Waals surface area contributed by atoms with Crippen molar-refractivity contribution in [1.29, 1.82) is 0 Å². The maximum Gasteiger partial charge on any atom is 0.306 e. The van der Waals surface area contributed by atoms with Crippen LogP contribution in [-0.4, -0.2) is 37.2 Å². The third-order valence-electron chi connectivity index (χ3n) is 11.5. The number of hydrogen-bond donors (Lipinski definition) is 0. The fourth-order valence-electron chi connectivity index (χ4n) is 7.32. The first-order chi connectivity index (χ1) is 33.0. The van der Waals surface area contributed by atoms with Crippen LogP contribution in [-0.2, 0) is 28.6 Å². The van der Waals surface area contributed by atoms with E-state index in [1.807, 2.05) is 0 Å². The Hall–Kier alpha value is -3.67. The van der Waals surface area contributed by atoms with Gasteiger partial charge in [0.2, 0.25) is 0 Å². The van der Waals surface area contributed by atoms with Crippen LogP contribution in [0.2, 0.25) is 0 Å². The first kappa shape index (κ1) is 63.3. The van der Waals surface area contributed by atoms with Gasteiger partial charge in [0.25, 0.3) is 0 Å². The van der Waals surface area contributed by atoms with Gasteiger partial charge in [-0.3, -0.25) is 14.4 Å². The van der Waals surface area contributed by atoms with Crippen LogP contribution in [0.25, 0.3) is 0 Å². The Bertz CT molecular complexity index is 1350. The van der Waals surface area contributed by atoms with Gasteiger partial charge in [0.05, 0.1) is 0 Å². The lowest BCUT2D eigenvalue weighted by molar-refractivity contribution is -0.167. The quantitative estimate of drug-likeness (QED) is 0.0262. The Morgan fingerprint density at radius 3 is 0.970 bits per heavy atom. The molecule has 0 heterocycles. The summed E-state index contributed by atoms with van der Waals surface area (Å²) in [5.41, 5.74) is 0. The van der Waals surface area contributed by atoms with Gasteiger partial charge in [-0.1, -0.05) is 208 Å². The largest absolute Gasteiger partial charge is 0.462 e. The maximum absolute atomic E-state index is 12.8. The second-order valence-electron chi connectivity index (χ2n) is 18.1. The lowest BCUT2D eigenvalue weighted by Gasteiger charge is -2.18. The van der Waals surface area contributed by atoms with E-state index in [-0.39, 0.29) is 37.5 Å². The van der Waals surface area contributed by atoms with Crippen LogP contribution in [0.4, 0.5) is 0 Å². The minimum atomic E-state index is -0.818. The van der Waals surface area contributed by atoms with Gasteiger partial charge in [-0.2, -0.15) is 0 Å². The summed E-state index contributed by atoms with van der Waals surface area (Å²) in [6.07, 6.45) is 72.5. The summed E-state index contributed by atoms with van der Waals surface area (Å²) in [6.45, 7) is 6.49. The molecule has 6 nitrogen and oxygen atoms in total. The number of ether oxygens (including phenoxy) is 3. The normalized spacial score (nSPS) is 12.8. The molecule has 0 bridgehead atoms. The van der Waals surface area contributed by atoms with Crippen molar-refractivity contribution in [3.63, 3.8) is 0 Å². The molecule has 0 spiro atoms. The molecule has 0 aliphatic heterocycles. The van der Waals surface area contributed by atoms with E-state index in [9.17, 15) is 14.4 Å². The van der Waals surface area contributed by atoms with Crippen molar-refractivity contribution in [2.45, 2.75) is 258 Å². The smallest absolute Gasteiger partial charge is 0.306 e. The van der Waals surface area contributed by atoms with E-state index in [0.717, 1.165) is 77.0 Å². The van der Waals surface area contributed by atoms with Crippen molar-refractivity contribution in [2.24, 2.45) is 0 Å². The maximum atomic E-state index is 12.8. The molecule has 1 atom stereocenters. The number of hydrogen-bond acceptors (Lipinski definition) is 6. The Balaban J connectivity index is 4.54. The van der Waals surface area contributed by atoms with Gasteiger partial charge in [0.1, 0.15) is 13.2 Å². The van der Waals surface area contributed by atoms with Gasteiger partial charge in [0.15, 0.2) is 6.10 Å². The number of carbonyl (C=O) groups excluding carboxylic acids is 3. The molecule has 0 aromatic carbocycles. The average molecular weight is 931 g/mol. The monoisotopic (exact) mass is 931 g/mol. The van der Waals surface area contributed by atoms with Gasteiger partial charge in [0, 0.05) is 19.3 Å². The average Bonchev–Trinajstić information content (AvgIpc) is 3.33. The van der Waals surface area contributed by atoms with Crippen molar-refractivity contribution < 1.29 is 28.6 Å². The lowest BCUT2D eigenvalue weighted by atomic mass is 10.1. The van der Waals surface area contributed by atoms with Crippen LogP contribution >= 0.6 is 0 Å². The van der Waals surface area contributed by atoms with Crippen LogP contribution < -0.4 is 0 Å². The highest BCUT2D eigenvalue weighted by Crippen LogP contribution is 2.13. The standard InChI is InChI=1S/C61H102O6/c1-4-7-10-13-16-19-22-25-28-30-33-36-39-42-45-48-51-54-60(63)66-57-58(56-65-59(62)53-50-47-44-41-38-35-32-27-24-21-18-15-12-9-6-3)67-61(64)55-52-49-46-43-40-37-34-31-29-26-23-20-17-14-11-8-5-2/h16,18-19,21,25-29,32-33,36,38,41-42,45,58H,4-15,17,20,22-24,30-31,34-35,37,39-40,43-44,46-57H2,1-3H3/b19-16-,21-18-,28-25-,29-26-,32-27-,36-33-,41-38-,45-42-/t58-/m0/s1. The molecule has 382 valence electrons. The van der Waals surface area contributed by atoms with Crippen molar-refractivity contribution in [3.8, 4) is 0 Å². The summed E-state index contributed by atoms with van der Waals surface area (Å²) in [5.74, 6) is -1.01. The van der Waals surface area contributed by atoms with E-state index >= 15 is 0 Å². The van der Waals surface area contributed by atoms with Gasteiger partial charge >= 0.3 is 17.9 Å². The molecule has 0 aromatic rings. The van der Waals surface area contributed by atoms with E-state index in [1.165, 1.54) is 128 Å². The van der Waals surface area contributed by atoms with Crippen molar-refractivity contribution >= 4 is 17.9 Å². The van der Waals surface area contributed by atoms with Crippen LogP contribution in [0, 0.1) is 0 Å². The summed E-state index contributed by atoms with van der Waals surface area (Å²) in [5, 5.41) is 0. The Kier molecular flexibility index (Phi) is 51.9. The summed E-state index contributed by atoms with van der Waals surface area (Å²) >= 11 is 0. The van der Waals surface area contributed by atoms with Crippen LogP contribution in [0.15, 0.2) is 97.2 Å². The molecule has 0 saturated carbocycles. The molecule has 6 heteroatoms. The summed E-state index contributed by atoms with van der Waals surface area (Å²) in [6, 6.07) is 0. The number of carbonyl (C=O) groups is 3. The molecule has 67 heavy (non-hydrogen) atoms. The Morgan fingerprint density at radius 2 is 0.552 bits per heavy atom. The zero-order chi connectivity index (χ0) is 48.6. The van der Waals surface area contributed by atoms with Crippen molar-refractivity contribution in [2.75, 3.05) is 13.2 Å². The summed E-state index contributed by atoms with van der Waals surface area (Å²) < 4.78 is 16.8. The van der Waals surface area contributed by atoms with Gasteiger partial charge in [-0.15, -0.1) is 0 Å². The molecule has 0 amide bonds. The first-order valence-corrected chi connectivity index (χ1v) is 27.7.